The Balaban J connectivity index is 1.90. The van der Waals surface area contributed by atoms with E-state index in [0.29, 0.717) is 19.3 Å². The zero-order valence-electron chi connectivity index (χ0n) is 10.7. The molecule has 98 valence electrons. The molecule has 1 fully saturated rings. The smallest absolute Gasteiger partial charge is 0.257 e. The van der Waals surface area contributed by atoms with E-state index in [1.54, 1.807) is 7.11 Å². The van der Waals surface area contributed by atoms with E-state index >= 15 is 0 Å². The third kappa shape index (κ3) is 3.00. The minimum absolute atomic E-state index is 0.0853. The topological polar surface area (TPSA) is 38.3 Å². The van der Waals surface area contributed by atoms with Crippen molar-refractivity contribution in [2.75, 3.05) is 7.11 Å². The molecule has 1 aromatic rings. The first kappa shape index (κ1) is 12.9. The number of amides is 1. The Hall–Kier alpha value is -1.58. The van der Waals surface area contributed by atoms with Gasteiger partial charge in [0.2, 0.25) is 0 Å². The summed E-state index contributed by atoms with van der Waals surface area (Å²) in [5.74, 6) is 0.313. The van der Waals surface area contributed by atoms with E-state index in [9.17, 15) is 9.18 Å². The third-order valence-electron chi connectivity index (χ3n) is 3.15. The highest BCUT2D eigenvalue weighted by molar-refractivity contribution is 5.88. The van der Waals surface area contributed by atoms with E-state index in [-0.39, 0.29) is 6.04 Å². The van der Waals surface area contributed by atoms with Gasteiger partial charge in [-0.1, -0.05) is 12.1 Å². The molecule has 3 nitrogen and oxygen atoms in total. The molecule has 0 unspecified atom stereocenters. The largest absolute Gasteiger partial charge is 0.497 e. The zero-order valence-corrected chi connectivity index (χ0v) is 10.7. The lowest BCUT2D eigenvalue weighted by Gasteiger charge is -2.15. The molecule has 1 aliphatic rings. The predicted molar refractivity (Wildman–Crippen MR) is 67.4 cm³/mol. The minimum Gasteiger partial charge on any atom is -0.497 e. The normalized spacial score (nSPS) is 17.9. The molecule has 0 radical (unpaired) electrons. The third-order valence-corrected chi connectivity index (χ3v) is 3.15. The Labute approximate surface area is 106 Å². The number of methoxy groups -OCH3 is 1. The number of benzene rings is 1. The maximum absolute atomic E-state index is 13.5. The first-order chi connectivity index (χ1) is 8.53. The fraction of sp³-hybridized carbons (Fsp3) is 0.500. The lowest BCUT2D eigenvalue weighted by atomic mass is 10.1. The summed E-state index contributed by atoms with van der Waals surface area (Å²) in [6.07, 6.45) is 1.37. The number of hydrogen-bond acceptors (Lipinski definition) is 2. The predicted octanol–water partition coefficient (Wildman–Crippen LogP) is 2.24. The molecule has 0 saturated heterocycles. The van der Waals surface area contributed by atoms with Crippen LogP contribution in [0.3, 0.4) is 0 Å². The first-order valence-corrected chi connectivity index (χ1v) is 6.16. The van der Waals surface area contributed by atoms with Crippen LogP contribution in [0.4, 0.5) is 4.39 Å². The fourth-order valence-corrected chi connectivity index (χ4v) is 1.89. The van der Waals surface area contributed by atoms with Crippen molar-refractivity contribution in [3.63, 3.8) is 0 Å². The molecule has 1 aliphatic carbocycles. The standard InChI is InChI=1S/C14H18FNO2/c1-10(16-13(17)14(15)6-7-14)8-11-4-3-5-12(9-11)18-2/h3-5,9-10H,6-8H2,1-2H3,(H,16,17)/t10-/m1/s1. The van der Waals surface area contributed by atoms with Gasteiger partial charge in [-0.25, -0.2) is 4.39 Å². The molecule has 1 saturated carbocycles. The van der Waals surface area contributed by atoms with Gasteiger partial charge in [-0.2, -0.15) is 0 Å². The van der Waals surface area contributed by atoms with E-state index in [1.807, 2.05) is 31.2 Å². The summed E-state index contributed by atoms with van der Waals surface area (Å²) in [6.45, 7) is 1.88. The van der Waals surface area contributed by atoms with Crippen molar-refractivity contribution in [1.29, 1.82) is 0 Å². The van der Waals surface area contributed by atoms with E-state index < -0.39 is 11.6 Å². The molecular weight excluding hydrogens is 233 g/mol. The molecule has 0 bridgehead atoms. The molecule has 0 aromatic heterocycles. The highest BCUT2D eigenvalue weighted by Crippen LogP contribution is 2.39. The van der Waals surface area contributed by atoms with Gasteiger partial charge in [-0.3, -0.25) is 4.79 Å². The van der Waals surface area contributed by atoms with Crippen molar-refractivity contribution in [3.05, 3.63) is 29.8 Å². The maximum Gasteiger partial charge on any atom is 0.257 e. The number of ether oxygens (including phenoxy) is 1. The Morgan fingerprint density at radius 2 is 2.28 bits per heavy atom. The molecular formula is C14H18FNO2. The van der Waals surface area contributed by atoms with Crippen LogP contribution < -0.4 is 10.1 Å². The average Bonchev–Trinajstić information content (AvgIpc) is 3.09. The van der Waals surface area contributed by atoms with Crippen molar-refractivity contribution in [1.82, 2.24) is 5.32 Å². The maximum atomic E-state index is 13.5. The van der Waals surface area contributed by atoms with Crippen LogP contribution in [-0.2, 0) is 11.2 Å². The second kappa shape index (κ2) is 4.96. The number of halogens is 1. The Kier molecular flexibility index (Phi) is 3.55. The number of carbonyl (C=O) groups excluding carboxylic acids is 1. The van der Waals surface area contributed by atoms with Gasteiger partial charge in [0.05, 0.1) is 7.11 Å². The van der Waals surface area contributed by atoms with Crippen LogP contribution in [0.2, 0.25) is 0 Å². The number of carbonyl (C=O) groups is 1. The SMILES string of the molecule is COc1cccc(C[C@@H](C)NC(=O)C2(F)CC2)c1. The summed E-state index contributed by atoms with van der Waals surface area (Å²) in [6, 6.07) is 7.57. The van der Waals surface area contributed by atoms with Crippen molar-refractivity contribution >= 4 is 5.91 Å². The highest BCUT2D eigenvalue weighted by Gasteiger charge is 2.50. The second-order valence-corrected chi connectivity index (χ2v) is 4.90. The minimum atomic E-state index is -1.59. The molecule has 1 aromatic carbocycles. The molecule has 4 heteroatoms. The summed E-state index contributed by atoms with van der Waals surface area (Å²) in [5.41, 5.74) is -0.534. The second-order valence-electron chi connectivity index (χ2n) is 4.90. The summed E-state index contributed by atoms with van der Waals surface area (Å²) in [5, 5.41) is 2.71. The Morgan fingerprint density at radius 1 is 1.56 bits per heavy atom. The van der Waals surface area contributed by atoms with Crippen LogP contribution in [0, 0.1) is 0 Å². The molecule has 1 N–H and O–H groups in total. The van der Waals surface area contributed by atoms with E-state index in [4.69, 9.17) is 4.74 Å². The lowest BCUT2D eigenvalue weighted by Crippen LogP contribution is -2.40. The van der Waals surface area contributed by atoms with Gasteiger partial charge >= 0.3 is 0 Å². The van der Waals surface area contributed by atoms with E-state index in [2.05, 4.69) is 5.32 Å². The number of alkyl halides is 1. The lowest BCUT2D eigenvalue weighted by molar-refractivity contribution is -0.128. The van der Waals surface area contributed by atoms with Crippen LogP contribution in [0.15, 0.2) is 24.3 Å². The molecule has 0 heterocycles. The quantitative estimate of drug-likeness (QED) is 0.871. The molecule has 2 rings (SSSR count). The van der Waals surface area contributed by atoms with Crippen molar-refractivity contribution in [2.45, 2.75) is 37.9 Å². The molecule has 0 spiro atoms. The van der Waals surface area contributed by atoms with Gasteiger partial charge in [0.1, 0.15) is 5.75 Å². The van der Waals surface area contributed by atoms with Crippen molar-refractivity contribution in [2.24, 2.45) is 0 Å². The summed E-state index contributed by atoms with van der Waals surface area (Å²) in [7, 11) is 1.62. The highest BCUT2D eigenvalue weighted by atomic mass is 19.1. The van der Waals surface area contributed by atoms with Crippen LogP contribution in [-0.4, -0.2) is 24.7 Å². The van der Waals surface area contributed by atoms with E-state index in [0.717, 1.165) is 11.3 Å². The van der Waals surface area contributed by atoms with Gasteiger partial charge in [0.25, 0.3) is 5.91 Å². The zero-order chi connectivity index (χ0) is 13.2. The van der Waals surface area contributed by atoms with Crippen LogP contribution >= 0.6 is 0 Å². The van der Waals surface area contributed by atoms with Crippen LogP contribution in [0.5, 0.6) is 5.75 Å². The van der Waals surface area contributed by atoms with Crippen LogP contribution in [0.25, 0.3) is 0 Å². The summed E-state index contributed by atoms with van der Waals surface area (Å²) >= 11 is 0. The fourth-order valence-electron chi connectivity index (χ4n) is 1.89. The van der Waals surface area contributed by atoms with Gasteiger partial charge < -0.3 is 10.1 Å². The van der Waals surface area contributed by atoms with Gasteiger partial charge in [0.15, 0.2) is 5.67 Å². The van der Waals surface area contributed by atoms with Gasteiger partial charge in [-0.15, -0.1) is 0 Å². The molecule has 1 amide bonds. The summed E-state index contributed by atoms with van der Waals surface area (Å²) in [4.78, 5) is 11.5. The number of rotatable bonds is 5. The summed E-state index contributed by atoms with van der Waals surface area (Å²) < 4.78 is 18.6. The van der Waals surface area contributed by atoms with Gasteiger partial charge in [-0.05, 0) is 43.9 Å². The number of nitrogens with one attached hydrogen (secondary N) is 1. The van der Waals surface area contributed by atoms with Gasteiger partial charge in [0, 0.05) is 6.04 Å². The Bertz CT molecular complexity index is 443. The van der Waals surface area contributed by atoms with Crippen molar-refractivity contribution < 1.29 is 13.9 Å². The molecule has 0 aliphatic heterocycles. The Morgan fingerprint density at radius 3 is 2.89 bits per heavy atom. The van der Waals surface area contributed by atoms with E-state index in [1.165, 1.54) is 0 Å². The monoisotopic (exact) mass is 251 g/mol. The average molecular weight is 251 g/mol. The number of hydrogen-bond donors (Lipinski definition) is 1. The molecule has 18 heavy (non-hydrogen) atoms. The first-order valence-electron chi connectivity index (χ1n) is 6.16. The van der Waals surface area contributed by atoms with Crippen molar-refractivity contribution in [3.8, 4) is 5.75 Å². The molecule has 1 atom stereocenters. The van der Waals surface area contributed by atoms with Crippen LogP contribution in [0.1, 0.15) is 25.3 Å².